The fourth-order valence-electron chi connectivity index (χ4n) is 2.82. The van der Waals surface area contributed by atoms with Gasteiger partial charge in [0, 0.05) is 19.0 Å². The Morgan fingerprint density at radius 2 is 2.09 bits per heavy atom. The Hall–Kier alpha value is -2.63. The van der Waals surface area contributed by atoms with Crippen LogP contribution >= 0.6 is 0 Å². The molecule has 0 radical (unpaired) electrons. The van der Waals surface area contributed by atoms with E-state index in [2.05, 4.69) is 10.4 Å². The largest absolute Gasteiger partial charge is 0.333 e. The fraction of sp³-hybridized carbons (Fsp3) is 0.353. The number of anilines is 1. The number of aromatic nitrogens is 2. The zero-order chi connectivity index (χ0) is 16.2. The summed E-state index contributed by atoms with van der Waals surface area (Å²) in [6, 6.07) is 11.8. The lowest BCUT2D eigenvalue weighted by Gasteiger charge is -2.18. The summed E-state index contributed by atoms with van der Waals surface area (Å²) >= 11 is 0. The van der Waals surface area contributed by atoms with Crippen LogP contribution in [0.4, 0.5) is 5.82 Å². The van der Waals surface area contributed by atoms with E-state index in [1.165, 1.54) is 0 Å². The molecule has 0 aliphatic carbocycles. The minimum Gasteiger partial charge on any atom is -0.333 e. The second-order valence-electron chi connectivity index (χ2n) is 5.71. The molecule has 0 bridgehead atoms. The van der Waals surface area contributed by atoms with Gasteiger partial charge in [0.25, 0.3) is 0 Å². The molecule has 0 saturated carbocycles. The maximum absolute atomic E-state index is 12.2. The molecule has 1 N–H and O–H groups in total. The number of rotatable bonds is 5. The van der Waals surface area contributed by atoms with Crippen LogP contribution in [0.3, 0.4) is 0 Å². The molecule has 2 heterocycles. The van der Waals surface area contributed by atoms with Gasteiger partial charge in [-0.3, -0.25) is 9.59 Å². The lowest BCUT2D eigenvalue weighted by molar-refractivity contribution is -0.131. The summed E-state index contributed by atoms with van der Waals surface area (Å²) in [6.45, 7) is 2.79. The third kappa shape index (κ3) is 3.41. The molecule has 0 spiro atoms. The quantitative estimate of drug-likeness (QED) is 0.919. The first-order valence-electron chi connectivity index (χ1n) is 7.81. The average Bonchev–Trinajstić information content (AvgIpc) is 3.17. The molecular formula is C17H20N4O2. The van der Waals surface area contributed by atoms with Gasteiger partial charge in [-0.2, -0.15) is 5.10 Å². The summed E-state index contributed by atoms with van der Waals surface area (Å²) < 4.78 is 1.78. The predicted octanol–water partition coefficient (Wildman–Crippen LogP) is 2.05. The first-order chi connectivity index (χ1) is 11.1. The van der Waals surface area contributed by atoms with E-state index in [-0.39, 0.29) is 24.4 Å². The first kappa shape index (κ1) is 15.3. The minimum absolute atomic E-state index is 0.00918. The Kier molecular flexibility index (Phi) is 4.41. The van der Waals surface area contributed by atoms with Gasteiger partial charge >= 0.3 is 0 Å². The SMILES string of the molecule is CC(c1ccccc1)n1nccc1NC(=O)CN1CCCC1=O. The summed E-state index contributed by atoms with van der Waals surface area (Å²) in [7, 11) is 0. The van der Waals surface area contributed by atoms with Crippen LogP contribution in [0.1, 0.15) is 31.4 Å². The number of benzene rings is 1. The second-order valence-corrected chi connectivity index (χ2v) is 5.71. The van der Waals surface area contributed by atoms with E-state index >= 15 is 0 Å². The number of hydrogen-bond acceptors (Lipinski definition) is 3. The van der Waals surface area contributed by atoms with E-state index in [0.717, 1.165) is 12.0 Å². The molecule has 2 amide bonds. The Morgan fingerprint density at radius 3 is 2.78 bits per heavy atom. The van der Waals surface area contributed by atoms with Gasteiger partial charge in [-0.25, -0.2) is 4.68 Å². The summed E-state index contributed by atoms with van der Waals surface area (Å²) in [4.78, 5) is 25.4. The predicted molar refractivity (Wildman–Crippen MR) is 86.9 cm³/mol. The van der Waals surface area contributed by atoms with Gasteiger partial charge < -0.3 is 10.2 Å². The van der Waals surface area contributed by atoms with Gasteiger partial charge in [-0.05, 0) is 18.9 Å². The summed E-state index contributed by atoms with van der Waals surface area (Å²) in [5.74, 6) is 0.492. The van der Waals surface area contributed by atoms with Crippen LogP contribution in [0.15, 0.2) is 42.6 Å². The molecule has 1 unspecified atom stereocenters. The van der Waals surface area contributed by atoms with Gasteiger partial charge in [0.2, 0.25) is 11.8 Å². The van der Waals surface area contributed by atoms with Gasteiger partial charge in [0.05, 0.1) is 18.8 Å². The molecule has 120 valence electrons. The monoisotopic (exact) mass is 312 g/mol. The average molecular weight is 312 g/mol. The molecule has 1 fully saturated rings. The van der Waals surface area contributed by atoms with E-state index in [1.54, 1.807) is 21.8 Å². The van der Waals surface area contributed by atoms with Crippen LogP contribution in [0.2, 0.25) is 0 Å². The van der Waals surface area contributed by atoms with Crippen molar-refractivity contribution < 1.29 is 9.59 Å². The number of carbonyl (C=O) groups is 2. The highest BCUT2D eigenvalue weighted by molar-refractivity contribution is 5.94. The van der Waals surface area contributed by atoms with Crippen molar-refractivity contribution in [2.24, 2.45) is 0 Å². The van der Waals surface area contributed by atoms with Crippen molar-refractivity contribution in [2.75, 3.05) is 18.4 Å². The van der Waals surface area contributed by atoms with Gasteiger partial charge in [0.1, 0.15) is 5.82 Å². The Morgan fingerprint density at radius 1 is 1.30 bits per heavy atom. The van der Waals surface area contributed by atoms with E-state index in [4.69, 9.17) is 0 Å². The van der Waals surface area contributed by atoms with Crippen LogP contribution in [0.5, 0.6) is 0 Å². The van der Waals surface area contributed by atoms with Crippen molar-refractivity contribution in [3.63, 3.8) is 0 Å². The number of amides is 2. The molecule has 1 aromatic carbocycles. The highest BCUT2D eigenvalue weighted by atomic mass is 16.2. The van der Waals surface area contributed by atoms with E-state index in [9.17, 15) is 9.59 Å². The highest BCUT2D eigenvalue weighted by Gasteiger charge is 2.23. The summed E-state index contributed by atoms with van der Waals surface area (Å²) in [5, 5.41) is 7.17. The zero-order valence-electron chi connectivity index (χ0n) is 13.1. The lowest BCUT2D eigenvalue weighted by atomic mass is 10.1. The molecule has 1 aliphatic rings. The van der Waals surface area contributed by atoms with E-state index in [1.807, 2.05) is 37.3 Å². The standard InChI is InChI=1S/C17H20N4O2/c1-13(14-6-3-2-4-7-14)21-15(9-10-18-21)19-16(22)12-20-11-5-8-17(20)23/h2-4,6-7,9-10,13H,5,8,11-12H2,1H3,(H,19,22). The molecule has 6 heteroatoms. The third-order valence-corrected chi connectivity index (χ3v) is 4.09. The molecular weight excluding hydrogens is 292 g/mol. The Labute approximate surface area is 135 Å². The van der Waals surface area contributed by atoms with Crippen molar-refractivity contribution >= 4 is 17.6 Å². The first-order valence-corrected chi connectivity index (χ1v) is 7.81. The Balaban J connectivity index is 1.68. The van der Waals surface area contributed by atoms with Crippen molar-refractivity contribution in [1.82, 2.24) is 14.7 Å². The fourth-order valence-corrected chi connectivity index (χ4v) is 2.82. The van der Waals surface area contributed by atoms with Crippen molar-refractivity contribution in [3.05, 3.63) is 48.2 Å². The number of hydrogen-bond donors (Lipinski definition) is 1. The van der Waals surface area contributed by atoms with Crippen LogP contribution in [-0.2, 0) is 9.59 Å². The normalized spacial score (nSPS) is 15.7. The lowest BCUT2D eigenvalue weighted by Crippen LogP contribution is -2.34. The minimum atomic E-state index is -0.192. The maximum atomic E-state index is 12.2. The molecule has 1 saturated heterocycles. The molecule has 2 aromatic rings. The third-order valence-electron chi connectivity index (χ3n) is 4.09. The van der Waals surface area contributed by atoms with Crippen LogP contribution in [0.25, 0.3) is 0 Å². The second kappa shape index (κ2) is 6.64. The molecule has 23 heavy (non-hydrogen) atoms. The van der Waals surface area contributed by atoms with E-state index < -0.39 is 0 Å². The Bertz CT molecular complexity index is 696. The van der Waals surface area contributed by atoms with Crippen molar-refractivity contribution in [1.29, 1.82) is 0 Å². The maximum Gasteiger partial charge on any atom is 0.245 e. The zero-order valence-corrected chi connectivity index (χ0v) is 13.1. The molecule has 1 aliphatic heterocycles. The van der Waals surface area contributed by atoms with Crippen molar-refractivity contribution in [3.8, 4) is 0 Å². The number of nitrogens with zero attached hydrogens (tertiary/aromatic N) is 3. The van der Waals surface area contributed by atoms with Gasteiger partial charge in [0.15, 0.2) is 0 Å². The van der Waals surface area contributed by atoms with Crippen molar-refractivity contribution in [2.45, 2.75) is 25.8 Å². The number of carbonyl (C=O) groups excluding carboxylic acids is 2. The van der Waals surface area contributed by atoms with E-state index in [0.29, 0.717) is 18.8 Å². The van der Waals surface area contributed by atoms with Gasteiger partial charge in [-0.1, -0.05) is 30.3 Å². The number of likely N-dealkylation sites (tertiary alicyclic amines) is 1. The smallest absolute Gasteiger partial charge is 0.245 e. The number of nitrogens with one attached hydrogen (secondary N) is 1. The van der Waals surface area contributed by atoms with Gasteiger partial charge in [-0.15, -0.1) is 0 Å². The highest BCUT2D eigenvalue weighted by Crippen LogP contribution is 2.21. The molecule has 6 nitrogen and oxygen atoms in total. The van der Waals surface area contributed by atoms with Crippen LogP contribution in [-0.4, -0.2) is 39.6 Å². The molecule has 1 aromatic heterocycles. The topological polar surface area (TPSA) is 67.2 Å². The molecule has 3 rings (SSSR count). The summed E-state index contributed by atoms with van der Waals surface area (Å²) in [5.41, 5.74) is 1.11. The van der Waals surface area contributed by atoms with Crippen LogP contribution < -0.4 is 5.32 Å². The molecule has 1 atom stereocenters. The van der Waals surface area contributed by atoms with Crippen LogP contribution in [0, 0.1) is 0 Å². The summed E-state index contributed by atoms with van der Waals surface area (Å²) in [6.07, 6.45) is 3.03.